The molecule has 2 aromatic rings. The van der Waals surface area contributed by atoms with Crippen LogP contribution in [0.3, 0.4) is 0 Å². The highest BCUT2D eigenvalue weighted by Gasteiger charge is 2.29. The molecule has 12 heteroatoms. The molecule has 0 aromatic carbocycles. The van der Waals surface area contributed by atoms with E-state index < -0.39 is 12.8 Å². The number of aryl methyl sites for hydroxylation is 1. The van der Waals surface area contributed by atoms with Crippen molar-refractivity contribution in [2.75, 3.05) is 12.3 Å². The van der Waals surface area contributed by atoms with E-state index in [1.54, 1.807) is 7.05 Å². The molecule has 0 radical (unpaired) electrons. The molecule has 0 amide bonds. The summed E-state index contributed by atoms with van der Waals surface area (Å²) < 4.78 is 49.0. The molecule has 0 bridgehead atoms. The number of hydrogen-bond acceptors (Lipinski definition) is 7. The zero-order valence-electron chi connectivity index (χ0n) is 14.4. The number of nitrogens with zero attached hydrogens (tertiary/aromatic N) is 5. The van der Waals surface area contributed by atoms with Crippen LogP contribution in [0.5, 0.6) is 0 Å². The summed E-state index contributed by atoms with van der Waals surface area (Å²) in [6, 6.07) is 0. The Morgan fingerprint density at radius 1 is 1.30 bits per heavy atom. The first-order valence-corrected chi connectivity index (χ1v) is 8.21. The number of hydrogen-bond donors (Lipinski definition) is 1. The van der Waals surface area contributed by atoms with Gasteiger partial charge in [0.05, 0.1) is 15.7 Å². The van der Waals surface area contributed by atoms with Gasteiger partial charge in [0.2, 0.25) is 0 Å². The second kappa shape index (κ2) is 8.37. The van der Waals surface area contributed by atoms with Crippen molar-refractivity contribution in [3.05, 3.63) is 42.1 Å². The fraction of sp³-hybridized carbons (Fsp3) is 0.333. The predicted molar refractivity (Wildman–Crippen MR) is 94.8 cm³/mol. The van der Waals surface area contributed by atoms with Crippen LogP contribution >= 0.6 is 15.9 Å². The minimum Gasteiger partial charge on any atom is -0.488 e. The van der Waals surface area contributed by atoms with Gasteiger partial charge < -0.3 is 15.2 Å². The van der Waals surface area contributed by atoms with Crippen LogP contribution in [0.25, 0.3) is 10.2 Å². The number of aromatic nitrogens is 5. The molecule has 2 aromatic heterocycles. The molecule has 0 saturated carbocycles. The summed E-state index contributed by atoms with van der Waals surface area (Å²) in [7, 11) is 1.71. The highest BCUT2D eigenvalue weighted by atomic mass is 79.9. The molecule has 0 aliphatic heterocycles. The summed E-state index contributed by atoms with van der Waals surface area (Å²) in [5.74, 6) is 0.525. The Morgan fingerprint density at radius 2 is 2.00 bits per heavy atom. The van der Waals surface area contributed by atoms with Crippen molar-refractivity contribution in [2.24, 2.45) is 7.05 Å². The Morgan fingerprint density at radius 3 is 2.59 bits per heavy atom. The van der Waals surface area contributed by atoms with Crippen molar-refractivity contribution in [1.82, 2.24) is 24.7 Å². The van der Waals surface area contributed by atoms with Gasteiger partial charge in [-0.1, -0.05) is 6.58 Å². The van der Waals surface area contributed by atoms with E-state index in [0.29, 0.717) is 5.82 Å². The number of rotatable bonds is 7. The van der Waals surface area contributed by atoms with Crippen molar-refractivity contribution in [1.29, 1.82) is 0 Å². The Kier molecular flexibility index (Phi) is 6.41. The van der Waals surface area contributed by atoms with Crippen LogP contribution < -0.4 is 5.73 Å². The van der Waals surface area contributed by atoms with Gasteiger partial charge in [0.25, 0.3) is 0 Å². The molecular weight excluding hydrogens is 433 g/mol. The summed E-state index contributed by atoms with van der Waals surface area (Å²) >= 11 is 3.19. The smallest absolute Gasteiger partial charge is 0.422 e. The third-order valence-corrected chi connectivity index (χ3v) is 4.08. The van der Waals surface area contributed by atoms with Gasteiger partial charge in [0.15, 0.2) is 12.4 Å². The van der Waals surface area contributed by atoms with E-state index in [1.807, 2.05) is 0 Å². The Bertz CT molecular complexity index is 865. The maximum atomic E-state index is 12.4. The second-order valence-electron chi connectivity index (χ2n) is 5.30. The topological polar surface area (TPSA) is 101 Å². The zero-order chi connectivity index (χ0) is 20.2. The van der Waals surface area contributed by atoms with Gasteiger partial charge in [-0.15, -0.1) is 0 Å². The lowest BCUT2D eigenvalue weighted by Crippen LogP contribution is -2.16. The summed E-state index contributed by atoms with van der Waals surface area (Å²) in [6.07, 6.45) is -1.79. The lowest BCUT2D eigenvalue weighted by molar-refractivity contribution is -0.164. The fourth-order valence-electron chi connectivity index (χ4n) is 1.93. The number of alkyl halides is 3. The highest BCUT2D eigenvalue weighted by molar-refractivity contribution is 9.15. The van der Waals surface area contributed by atoms with E-state index in [4.69, 9.17) is 15.2 Å². The Hall–Kier alpha value is -2.63. The van der Waals surface area contributed by atoms with E-state index in [0.717, 1.165) is 0 Å². The summed E-state index contributed by atoms with van der Waals surface area (Å²) in [5.41, 5.74) is 6.28. The minimum absolute atomic E-state index is 0.0122. The average molecular weight is 449 g/mol. The number of allylic oxidation sites excluding steroid dienone is 1. The maximum Gasteiger partial charge on any atom is 0.422 e. The number of ether oxygens (including phenoxy) is 2. The maximum absolute atomic E-state index is 12.4. The first kappa shape index (κ1) is 20.7. The number of nitrogen functional groups attached to an aromatic ring is 1. The van der Waals surface area contributed by atoms with Crippen molar-refractivity contribution in [3.63, 3.8) is 0 Å². The molecule has 2 N–H and O–H groups in total. The van der Waals surface area contributed by atoms with E-state index in [2.05, 4.69) is 42.6 Å². The van der Waals surface area contributed by atoms with E-state index in [1.165, 1.54) is 24.3 Å². The van der Waals surface area contributed by atoms with E-state index in [9.17, 15) is 13.2 Å². The molecule has 0 aliphatic rings. The molecule has 0 fully saturated rings. The monoisotopic (exact) mass is 448 g/mol. The van der Waals surface area contributed by atoms with E-state index >= 15 is 0 Å². The molecule has 0 saturated heterocycles. The van der Waals surface area contributed by atoms with Crippen LogP contribution in [0, 0.1) is 0 Å². The molecule has 2 heterocycles. The van der Waals surface area contributed by atoms with Crippen molar-refractivity contribution < 1.29 is 22.6 Å². The standard InChI is InChI=1S/C15H16BrF3N6O2/c1-8(26-4-10-23-7-25(3)24-10)11-13(21-6-22-14(11)20)12(16)9(2)27-5-15(17,18)19/h6-7H,1,4-5H2,2-3H3,(H2,20,21,22)/b12-9-. The quantitative estimate of drug-likeness (QED) is 0.649. The van der Waals surface area contributed by atoms with Crippen LogP contribution in [0.1, 0.15) is 24.0 Å². The number of anilines is 1. The molecule has 0 unspecified atom stereocenters. The molecular formula is C15H16BrF3N6O2. The van der Waals surface area contributed by atoms with Gasteiger partial charge in [-0.3, -0.25) is 4.68 Å². The zero-order valence-corrected chi connectivity index (χ0v) is 16.0. The lowest BCUT2D eigenvalue weighted by atomic mass is 10.1. The highest BCUT2D eigenvalue weighted by Crippen LogP contribution is 2.33. The van der Waals surface area contributed by atoms with Crippen LogP contribution in [0.15, 0.2) is 25.0 Å². The summed E-state index contributed by atoms with van der Waals surface area (Å²) in [5, 5.41) is 4.06. The van der Waals surface area contributed by atoms with Crippen LogP contribution in [-0.2, 0) is 23.1 Å². The first-order chi connectivity index (χ1) is 12.6. The summed E-state index contributed by atoms with van der Waals surface area (Å²) in [4.78, 5) is 11.9. The average Bonchev–Trinajstić information content (AvgIpc) is 3.01. The minimum atomic E-state index is -4.47. The Balaban J connectivity index is 2.25. The largest absolute Gasteiger partial charge is 0.488 e. The molecule has 2 rings (SSSR count). The molecule has 8 nitrogen and oxygen atoms in total. The van der Waals surface area contributed by atoms with E-state index in [-0.39, 0.29) is 39.7 Å². The van der Waals surface area contributed by atoms with Gasteiger partial charge in [-0.05, 0) is 22.9 Å². The second-order valence-corrected chi connectivity index (χ2v) is 6.10. The lowest BCUT2D eigenvalue weighted by Gasteiger charge is -2.15. The predicted octanol–water partition coefficient (Wildman–Crippen LogP) is 3.04. The van der Waals surface area contributed by atoms with Gasteiger partial charge in [0.1, 0.15) is 36.6 Å². The van der Waals surface area contributed by atoms with Crippen molar-refractivity contribution >= 4 is 32.0 Å². The third kappa shape index (κ3) is 5.67. The number of halogens is 4. The summed E-state index contributed by atoms with van der Waals surface area (Å²) in [6.45, 7) is 3.72. The molecule has 0 aliphatic carbocycles. The Labute approximate surface area is 161 Å². The van der Waals surface area contributed by atoms with Crippen molar-refractivity contribution in [3.8, 4) is 0 Å². The van der Waals surface area contributed by atoms with Gasteiger partial charge in [0, 0.05) is 7.05 Å². The third-order valence-electron chi connectivity index (χ3n) is 3.15. The van der Waals surface area contributed by atoms with Crippen LogP contribution in [-0.4, -0.2) is 37.5 Å². The first-order valence-electron chi connectivity index (χ1n) is 7.42. The van der Waals surface area contributed by atoms with Crippen molar-refractivity contribution in [2.45, 2.75) is 19.7 Å². The van der Waals surface area contributed by atoms with Gasteiger partial charge >= 0.3 is 6.18 Å². The molecule has 0 atom stereocenters. The van der Waals surface area contributed by atoms with Gasteiger partial charge in [-0.2, -0.15) is 18.3 Å². The SMILES string of the molecule is C=C(OCc1ncn(C)n1)c1c(N)ncnc1/C(Br)=C(\C)OCC(F)(F)F. The number of nitrogens with two attached hydrogens (primary N) is 1. The fourth-order valence-corrected chi connectivity index (χ4v) is 2.35. The molecule has 0 spiro atoms. The molecule has 146 valence electrons. The normalized spacial score (nSPS) is 12.5. The van der Waals surface area contributed by atoms with Crippen LogP contribution in [0.4, 0.5) is 19.0 Å². The molecule has 27 heavy (non-hydrogen) atoms. The van der Waals surface area contributed by atoms with Gasteiger partial charge in [-0.25, -0.2) is 15.0 Å². The van der Waals surface area contributed by atoms with Crippen LogP contribution in [0.2, 0.25) is 0 Å².